The number of hydrogen-bond donors (Lipinski definition) is 1. The van der Waals surface area contributed by atoms with Crippen molar-refractivity contribution in [2.45, 2.75) is 31.7 Å². The quantitative estimate of drug-likeness (QED) is 0.807. The maximum absolute atomic E-state index is 12.6. The summed E-state index contributed by atoms with van der Waals surface area (Å²) in [5.74, 6) is -0.514. The SMILES string of the molecule is CCOC(=O)C(NS(=O)(=O)c1c(C)noc1C)c1ccccc1. The van der Waals surface area contributed by atoms with Crippen molar-refractivity contribution in [3.05, 3.63) is 47.3 Å². The number of benzene rings is 1. The molecule has 2 aromatic rings. The topological polar surface area (TPSA) is 98.5 Å². The minimum Gasteiger partial charge on any atom is -0.465 e. The molecule has 7 nitrogen and oxygen atoms in total. The van der Waals surface area contributed by atoms with E-state index in [9.17, 15) is 13.2 Å². The number of rotatable bonds is 6. The molecule has 1 N–H and O–H groups in total. The van der Waals surface area contributed by atoms with Gasteiger partial charge in [0.05, 0.1) is 6.61 Å². The molecule has 1 aromatic carbocycles. The highest BCUT2D eigenvalue weighted by Gasteiger charge is 2.32. The van der Waals surface area contributed by atoms with E-state index in [2.05, 4.69) is 9.88 Å². The number of nitrogens with zero attached hydrogens (tertiary/aromatic N) is 1. The molecule has 8 heteroatoms. The van der Waals surface area contributed by atoms with Crippen LogP contribution in [0.2, 0.25) is 0 Å². The summed E-state index contributed by atoms with van der Waals surface area (Å²) >= 11 is 0. The summed E-state index contributed by atoms with van der Waals surface area (Å²) in [6, 6.07) is 7.36. The van der Waals surface area contributed by atoms with Crippen molar-refractivity contribution in [2.24, 2.45) is 0 Å². The van der Waals surface area contributed by atoms with Crippen LogP contribution in [0.4, 0.5) is 0 Å². The Bertz CT molecular complexity index is 764. The first-order valence-electron chi connectivity index (χ1n) is 7.03. The van der Waals surface area contributed by atoms with E-state index in [0.29, 0.717) is 5.56 Å². The molecule has 0 fully saturated rings. The molecule has 23 heavy (non-hydrogen) atoms. The lowest BCUT2D eigenvalue weighted by molar-refractivity contribution is -0.145. The average molecular weight is 338 g/mol. The molecule has 0 radical (unpaired) electrons. The van der Waals surface area contributed by atoms with Crippen molar-refractivity contribution < 1.29 is 22.5 Å². The Morgan fingerprint density at radius 1 is 1.30 bits per heavy atom. The number of carbonyl (C=O) groups excluding carboxylic acids is 1. The van der Waals surface area contributed by atoms with E-state index in [1.54, 1.807) is 37.3 Å². The van der Waals surface area contributed by atoms with Crippen molar-refractivity contribution in [1.29, 1.82) is 0 Å². The fourth-order valence-electron chi connectivity index (χ4n) is 2.20. The maximum atomic E-state index is 12.6. The number of esters is 1. The Morgan fingerprint density at radius 3 is 2.48 bits per heavy atom. The highest BCUT2D eigenvalue weighted by atomic mass is 32.2. The third-order valence-electron chi connectivity index (χ3n) is 3.16. The third-order valence-corrected chi connectivity index (χ3v) is 4.83. The summed E-state index contributed by atoms with van der Waals surface area (Å²) in [6.07, 6.45) is 0. The normalized spacial score (nSPS) is 12.8. The van der Waals surface area contributed by atoms with Crippen molar-refractivity contribution in [1.82, 2.24) is 9.88 Å². The van der Waals surface area contributed by atoms with E-state index >= 15 is 0 Å². The summed E-state index contributed by atoms with van der Waals surface area (Å²) in [6.45, 7) is 4.82. The molecule has 0 saturated heterocycles. The summed E-state index contributed by atoms with van der Waals surface area (Å²) in [5, 5.41) is 3.63. The van der Waals surface area contributed by atoms with Gasteiger partial charge >= 0.3 is 5.97 Å². The smallest absolute Gasteiger partial charge is 0.328 e. The molecule has 0 bridgehead atoms. The van der Waals surface area contributed by atoms with Crippen molar-refractivity contribution >= 4 is 16.0 Å². The average Bonchev–Trinajstić information content (AvgIpc) is 2.85. The monoisotopic (exact) mass is 338 g/mol. The van der Waals surface area contributed by atoms with Gasteiger partial charge in [-0.2, -0.15) is 4.72 Å². The van der Waals surface area contributed by atoms with Gasteiger partial charge in [0.15, 0.2) is 5.76 Å². The van der Waals surface area contributed by atoms with Crippen LogP contribution in [0.25, 0.3) is 0 Å². The zero-order chi connectivity index (χ0) is 17.0. The van der Waals surface area contributed by atoms with E-state index < -0.39 is 22.0 Å². The molecule has 1 unspecified atom stereocenters. The predicted octanol–water partition coefficient (Wildman–Crippen LogP) is 1.87. The first-order valence-corrected chi connectivity index (χ1v) is 8.52. The largest absolute Gasteiger partial charge is 0.465 e. The fourth-order valence-corrected chi connectivity index (χ4v) is 3.70. The first-order chi connectivity index (χ1) is 10.9. The van der Waals surface area contributed by atoms with Gasteiger partial charge in [-0.3, -0.25) is 0 Å². The fraction of sp³-hybridized carbons (Fsp3) is 0.333. The lowest BCUT2D eigenvalue weighted by Gasteiger charge is -2.17. The highest BCUT2D eigenvalue weighted by Crippen LogP contribution is 2.23. The number of ether oxygens (including phenoxy) is 1. The van der Waals surface area contributed by atoms with Gasteiger partial charge < -0.3 is 9.26 Å². The van der Waals surface area contributed by atoms with E-state index in [1.165, 1.54) is 13.8 Å². The minimum atomic E-state index is -4.00. The Balaban J connectivity index is 2.40. The molecule has 0 aliphatic heterocycles. The number of carbonyl (C=O) groups is 1. The van der Waals surface area contributed by atoms with E-state index in [-0.39, 0.29) is 23.0 Å². The Kier molecular flexibility index (Phi) is 5.17. The molecule has 1 atom stereocenters. The van der Waals surface area contributed by atoms with Crippen LogP contribution in [-0.4, -0.2) is 26.2 Å². The Morgan fingerprint density at radius 2 is 1.96 bits per heavy atom. The zero-order valence-electron chi connectivity index (χ0n) is 13.1. The van der Waals surface area contributed by atoms with Gasteiger partial charge in [-0.25, -0.2) is 13.2 Å². The zero-order valence-corrected chi connectivity index (χ0v) is 13.9. The molecule has 0 aliphatic rings. The van der Waals surface area contributed by atoms with Crippen LogP contribution in [0.15, 0.2) is 39.8 Å². The standard InChI is InChI=1S/C15H18N2O5S/c1-4-21-15(18)13(12-8-6-5-7-9-12)17-23(19,20)14-10(2)16-22-11(14)3/h5-9,13,17H,4H2,1-3H3. The molecule has 0 saturated carbocycles. The molecule has 1 heterocycles. The molecular formula is C15H18N2O5S. The summed E-state index contributed by atoms with van der Waals surface area (Å²) < 4.78 is 37.5. The Hall–Kier alpha value is -2.19. The lowest BCUT2D eigenvalue weighted by Crippen LogP contribution is -2.35. The van der Waals surface area contributed by atoms with Gasteiger partial charge in [0, 0.05) is 0 Å². The predicted molar refractivity (Wildman–Crippen MR) is 82.1 cm³/mol. The van der Waals surface area contributed by atoms with Crippen LogP contribution in [0, 0.1) is 13.8 Å². The number of hydrogen-bond acceptors (Lipinski definition) is 6. The highest BCUT2D eigenvalue weighted by molar-refractivity contribution is 7.89. The van der Waals surface area contributed by atoms with Crippen molar-refractivity contribution in [2.75, 3.05) is 6.61 Å². The second-order valence-corrected chi connectivity index (χ2v) is 6.52. The molecule has 0 aliphatic carbocycles. The van der Waals surface area contributed by atoms with Crippen LogP contribution < -0.4 is 4.72 Å². The lowest BCUT2D eigenvalue weighted by atomic mass is 10.1. The van der Waals surface area contributed by atoms with Gasteiger partial charge in [0.1, 0.15) is 16.6 Å². The third kappa shape index (κ3) is 3.77. The molecule has 0 amide bonds. The van der Waals surface area contributed by atoms with E-state index in [0.717, 1.165) is 0 Å². The molecule has 1 aromatic heterocycles. The summed E-state index contributed by atoms with van der Waals surface area (Å²) in [4.78, 5) is 12.1. The number of nitrogens with one attached hydrogen (secondary N) is 1. The van der Waals surface area contributed by atoms with Gasteiger partial charge in [-0.15, -0.1) is 0 Å². The second kappa shape index (κ2) is 6.93. The van der Waals surface area contributed by atoms with Crippen molar-refractivity contribution in [3.63, 3.8) is 0 Å². The molecule has 0 spiro atoms. The van der Waals surface area contributed by atoms with Crippen LogP contribution in [0.1, 0.15) is 30.0 Å². The van der Waals surface area contributed by atoms with Gasteiger partial charge in [0.2, 0.25) is 10.0 Å². The van der Waals surface area contributed by atoms with Gasteiger partial charge in [-0.05, 0) is 26.3 Å². The summed E-state index contributed by atoms with van der Waals surface area (Å²) in [5.41, 5.74) is 0.715. The van der Waals surface area contributed by atoms with Gasteiger partial charge in [-0.1, -0.05) is 35.5 Å². The minimum absolute atomic E-state index is 0.0669. The number of aromatic nitrogens is 1. The molecular weight excluding hydrogens is 320 g/mol. The van der Waals surface area contributed by atoms with E-state index in [1.807, 2.05) is 0 Å². The molecule has 124 valence electrons. The van der Waals surface area contributed by atoms with Gasteiger partial charge in [0.25, 0.3) is 0 Å². The van der Waals surface area contributed by atoms with Crippen molar-refractivity contribution in [3.8, 4) is 0 Å². The van der Waals surface area contributed by atoms with Crippen LogP contribution in [0.3, 0.4) is 0 Å². The maximum Gasteiger partial charge on any atom is 0.328 e. The Labute approximate surface area is 134 Å². The number of aryl methyl sites for hydroxylation is 2. The molecule has 2 rings (SSSR count). The van der Waals surface area contributed by atoms with E-state index in [4.69, 9.17) is 9.26 Å². The van der Waals surface area contributed by atoms with Crippen LogP contribution in [0.5, 0.6) is 0 Å². The van der Waals surface area contributed by atoms with Crippen LogP contribution >= 0.6 is 0 Å². The number of sulfonamides is 1. The summed E-state index contributed by atoms with van der Waals surface area (Å²) in [7, 11) is -4.00. The first kappa shape index (κ1) is 17.2. The second-order valence-electron chi connectivity index (χ2n) is 4.87. The van der Waals surface area contributed by atoms with Crippen LogP contribution in [-0.2, 0) is 19.6 Å².